The average molecular weight is 461 g/mol. The van der Waals surface area contributed by atoms with Crippen LogP contribution in [0.5, 0.6) is 5.75 Å². The lowest BCUT2D eigenvalue weighted by atomic mass is 10.2. The average Bonchev–Trinajstić information content (AvgIpc) is 2.55. The first kappa shape index (κ1) is 18.7. The fourth-order valence-electron chi connectivity index (χ4n) is 1.88. The molecule has 128 valence electrons. The molecule has 24 heavy (non-hydrogen) atoms. The van der Waals surface area contributed by atoms with E-state index in [1.165, 1.54) is 12.1 Å². The van der Waals surface area contributed by atoms with Crippen LogP contribution in [-0.2, 0) is 10.0 Å². The Morgan fingerprint density at radius 2 is 1.88 bits per heavy atom. The van der Waals surface area contributed by atoms with Gasteiger partial charge in [0.05, 0.1) is 17.1 Å². The molecule has 0 heterocycles. The van der Waals surface area contributed by atoms with Gasteiger partial charge in [0.2, 0.25) is 10.0 Å². The highest BCUT2D eigenvalue weighted by Crippen LogP contribution is 2.14. The predicted molar refractivity (Wildman–Crippen MR) is 97.9 cm³/mol. The van der Waals surface area contributed by atoms with Crippen molar-refractivity contribution in [2.45, 2.75) is 11.3 Å². The van der Waals surface area contributed by atoms with Crippen molar-refractivity contribution in [2.24, 2.45) is 0 Å². The summed E-state index contributed by atoms with van der Waals surface area (Å²) in [5.74, 6) is -0.582. The Morgan fingerprint density at radius 1 is 1.17 bits per heavy atom. The van der Waals surface area contributed by atoms with Gasteiger partial charge < -0.3 is 9.84 Å². The van der Waals surface area contributed by atoms with Gasteiger partial charge in [-0.15, -0.1) is 0 Å². The minimum absolute atomic E-state index is 0.145. The van der Waals surface area contributed by atoms with Crippen LogP contribution in [0, 0.1) is 3.57 Å². The fraction of sp³-hybridized carbons (Fsp3) is 0.188. The van der Waals surface area contributed by atoms with Crippen LogP contribution < -0.4 is 9.46 Å². The summed E-state index contributed by atoms with van der Waals surface area (Å²) in [5.41, 5.74) is 0.145. The summed E-state index contributed by atoms with van der Waals surface area (Å²) in [5, 5.41) is 8.90. The molecule has 0 fully saturated rings. The summed E-state index contributed by atoms with van der Waals surface area (Å²) in [6, 6.07) is 12.7. The molecule has 0 saturated heterocycles. The fourth-order valence-corrected chi connectivity index (χ4v) is 3.32. The molecule has 0 aliphatic rings. The van der Waals surface area contributed by atoms with Gasteiger partial charge in [0, 0.05) is 10.1 Å². The van der Waals surface area contributed by atoms with Crippen molar-refractivity contribution in [1.82, 2.24) is 4.72 Å². The number of carboxylic acids is 1. The topological polar surface area (TPSA) is 92.7 Å². The number of nitrogens with one attached hydrogen (secondary N) is 1. The normalized spacial score (nSPS) is 11.2. The van der Waals surface area contributed by atoms with Crippen LogP contribution in [-0.4, -0.2) is 32.6 Å². The van der Waals surface area contributed by atoms with Gasteiger partial charge in [0.25, 0.3) is 0 Å². The summed E-state index contributed by atoms with van der Waals surface area (Å²) in [6.07, 6.45) is 0.459. The zero-order valence-corrected chi connectivity index (χ0v) is 15.6. The lowest BCUT2D eigenvalue weighted by Gasteiger charge is -2.09. The molecule has 2 aromatic carbocycles. The van der Waals surface area contributed by atoms with Gasteiger partial charge >= 0.3 is 5.97 Å². The summed E-state index contributed by atoms with van der Waals surface area (Å²) < 4.78 is 33.1. The highest BCUT2D eigenvalue weighted by molar-refractivity contribution is 14.1. The SMILES string of the molecule is O=C(O)c1cccc(OCCCNS(=O)(=O)c2ccc(I)cc2)c1. The second-order valence-corrected chi connectivity index (χ2v) is 7.90. The third-order valence-electron chi connectivity index (χ3n) is 3.09. The van der Waals surface area contributed by atoms with Gasteiger partial charge in [-0.05, 0) is 71.5 Å². The molecule has 2 rings (SSSR count). The Balaban J connectivity index is 1.79. The molecule has 0 radical (unpaired) electrons. The number of carbonyl (C=O) groups is 1. The van der Waals surface area contributed by atoms with Gasteiger partial charge in [-0.25, -0.2) is 17.9 Å². The van der Waals surface area contributed by atoms with Crippen molar-refractivity contribution >= 4 is 38.6 Å². The molecule has 2 aromatic rings. The Hall–Kier alpha value is -1.65. The van der Waals surface area contributed by atoms with Crippen LogP contribution in [0.15, 0.2) is 53.4 Å². The van der Waals surface area contributed by atoms with Crippen molar-refractivity contribution in [1.29, 1.82) is 0 Å². The van der Waals surface area contributed by atoms with Gasteiger partial charge in [-0.2, -0.15) is 0 Å². The van der Waals surface area contributed by atoms with Gasteiger partial charge in [-0.1, -0.05) is 6.07 Å². The van der Waals surface area contributed by atoms with Gasteiger partial charge in [0.1, 0.15) is 5.75 Å². The molecule has 0 spiro atoms. The summed E-state index contributed by atoms with van der Waals surface area (Å²) >= 11 is 2.11. The number of hydrogen-bond acceptors (Lipinski definition) is 4. The molecule has 8 heteroatoms. The number of ether oxygens (including phenoxy) is 1. The summed E-state index contributed by atoms with van der Waals surface area (Å²) in [4.78, 5) is 11.1. The molecule has 0 aliphatic carbocycles. The van der Waals surface area contributed by atoms with Gasteiger partial charge in [-0.3, -0.25) is 0 Å². The zero-order valence-electron chi connectivity index (χ0n) is 12.6. The Bertz CT molecular complexity index is 805. The maximum absolute atomic E-state index is 12.1. The molecular weight excluding hydrogens is 445 g/mol. The smallest absolute Gasteiger partial charge is 0.335 e. The van der Waals surface area contributed by atoms with E-state index in [1.807, 2.05) is 0 Å². The van der Waals surface area contributed by atoms with E-state index < -0.39 is 16.0 Å². The van der Waals surface area contributed by atoms with Crippen molar-refractivity contribution in [3.8, 4) is 5.75 Å². The quantitative estimate of drug-likeness (QED) is 0.466. The number of benzene rings is 2. The van der Waals surface area contributed by atoms with Crippen LogP contribution in [0.1, 0.15) is 16.8 Å². The molecule has 0 aromatic heterocycles. The molecular formula is C16H16INO5S. The number of sulfonamides is 1. The van der Waals surface area contributed by atoms with E-state index in [9.17, 15) is 13.2 Å². The van der Waals surface area contributed by atoms with E-state index >= 15 is 0 Å². The van der Waals surface area contributed by atoms with E-state index in [-0.39, 0.29) is 23.6 Å². The molecule has 2 N–H and O–H groups in total. The second-order valence-electron chi connectivity index (χ2n) is 4.89. The highest BCUT2D eigenvalue weighted by atomic mass is 127. The van der Waals surface area contributed by atoms with E-state index in [0.29, 0.717) is 12.2 Å². The van der Waals surface area contributed by atoms with Crippen LogP contribution in [0.3, 0.4) is 0 Å². The molecule has 0 atom stereocenters. The largest absolute Gasteiger partial charge is 0.494 e. The minimum atomic E-state index is -3.53. The maximum atomic E-state index is 12.1. The predicted octanol–water partition coefficient (Wildman–Crippen LogP) is 2.74. The van der Waals surface area contributed by atoms with Crippen molar-refractivity contribution in [3.05, 3.63) is 57.7 Å². The third kappa shape index (κ3) is 5.46. The first-order valence-corrected chi connectivity index (χ1v) is 9.66. The first-order valence-electron chi connectivity index (χ1n) is 7.10. The van der Waals surface area contributed by atoms with Crippen molar-refractivity contribution < 1.29 is 23.1 Å². The highest BCUT2D eigenvalue weighted by Gasteiger charge is 2.12. The number of aromatic carboxylic acids is 1. The first-order chi connectivity index (χ1) is 11.4. The standard InChI is InChI=1S/C16H16INO5S/c17-13-5-7-15(8-6-13)24(21,22)18-9-2-10-23-14-4-1-3-12(11-14)16(19)20/h1,3-8,11,18H,2,9-10H2,(H,19,20). The molecule has 0 amide bonds. The monoisotopic (exact) mass is 461 g/mol. The molecule has 6 nitrogen and oxygen atoms in total. The zero-order chi connectivity index (χ0) is 17.6. The van der Waals surface area contributed by atoms with Crippen LogP contribution in [0.2, 0.25) is 0 Å². The van der Waals surface area contributed by atoms with Crippen molar-refractivity contribution in [2.75, 3.05) is 13.2 Å². The number of halogens is 1. The van der Waals surface area contributed by atoms with Crippen LogP contribution >= 0.6 is 22.6 Å². The lowest BCUT2D eigenvalue weighted by molar-refractivity contribution is 0.0696. The van der Waals surface area contributed by atoms with E-state index in [1.54, 1.807) is 36.4 Å². The number of carboxylic acid groups (broad SMARTS) is 1. The van der Waals surface area contributed by atoms with Crippen LogP contribution in [0.4, 0.5) is 0 Å². The van der Waals surface area contributed by atoms with E-state index in [2.05, 4.69) is 27.3 Å². The molecule has 0 saturated carbocycles. The second kappa shape index (κ2) is 8.45. The van der Waals surface area contributed by atoms with Crippen LogP contribution in [0.25, 0.3) is 0 Å². The number of rotatable bonds is 8. The van der Waals surface area contributed by atoms with E-state index in [0.717, 1.165) is 3.57 Å². The molecule has 0 bridgehead atoms. The summed E-state index contributed by atoms with van der Waals surface area (Å²) in [6.45, 7) is 0.505. The Morgan fingerprint density at radius 3 is 2.54 bits per heavy atom. The third-order valence-corrected chi connectivity index (χ3v) is 5.28. The lowest BCUT2D eigenvalue weighted by Crippen LogP contribution is -2.25. The molecule has 0 unspecified atom stereocenters. The van der Waals surface area contributed by atoms with Gasteiger partial charge in [0.15, 0.2) is 0 Å². The van der Waals surface area contributed by atoms with Crippen molar-refractivity contribution in [3.63, 3.8) is 0 Å². The Kier molecular flexibility index (Phi) is 6.58. The number of hydrogen-bond donors (Lipinski definition) is 2. The minimum Gasteiger partial charge on any atom is -0.494 e. The maximum Gasteiger partial charge on any atom is 0.335 e. The van der Waals surface area contributed by atoms with E-state index in [4.69, 9.17) is 9.84 Å². The Labute approximate surface area is 154 Å². The summed E-state index contributed by atoms with van der Waals surface area (Å²) in [7, 11) is -3.53. The molecule has 0 aliphatic heterocycles.